The predicted octanol–water partition coefficient (Wildman–Crippen LogP) is 7.93. The van der Waals surface area contributed by atoms with E-state index in [-0.39, 0.29) is 12.2 Å². The van der Waals surface area contributed by atoms with Crippen LogP contribution in [0.3, 0.4) is 0 Å². The van der Waals surface area contributed by atoms with Crippen molar-refractivity contribution in [3.63, 3.8) is 0 Å². The lowest BCUT2D eigenvalue weighted by molar-refractivity contribution is -0.141. The Morgan fingerprint density at radius 1 is 0.625 bits per heavy atom. The molecule has 3 aromatic carbocycles. The molecule has 0 saturated carbocycles. The summed E-state index contributed by atoms with van der Waals surface area (Å²) in [6.07, 6.45) is 2.02. The van der Waals surface area contributed by atoms with E-state index in [1.165, 1.54) is 23.3 Å². The molecule has 0 N–H and O–H groups in total. The van der Waals surface area contributed by atoms with Gasteiger partial charge >= 0.3 is 11.9 Å². The molecule has 2 atom stereocenters. The van der Waals surface area contributed by atoms with Gasteiger partial charge in [-0.1, -0.05) is 73.8 Å². The largest absolute Gasteiger partial charge is 0.457 e. The van der Waals surface area contributed by atoms with E-state index in [0.717, 1.165) is 21.3 Å². The fraction of sp³-hybridized carbons (Fsp3) is 0.250. The zero-order chi connectivity index (χ0) is 28.4. The Kier molecular flexibility index (Phi) is 15.0. The van der Waals surface area contributed by atoms with E-state index in [1.807, 2.05) is 36.4 Å². The highest BCUT2D eigenvalue weighted by atomic mass is 32.2. The fourth-order valence-corrected chi connectivity index (χ4v) is 7.58. The summed E-state index contributed by atoms with van der Waals surface area (Å²) in [7, 11) is 0. The Bertz CT molecular complexity index is 1110. The molecule has 0 spiro atoms. The van der Waals surface area contributed by atoms with Gasteiger partial charge < -0.3 is 9.47 Å². The lowest BCUT2D eigenvalue weighted by atomic mass is 10.2. The third-order valence-corrected chi connectivity index (χ3v) is 9.97. The van der Waals surface area contributed by atoms with Gasteiger partial charge in [-0.25, -0.2) is 9.59 Å². The third-order valence-electron chi connectivity index (χ3n) is 5.39. The average molecular weight is 611 g/mol. The van der Waals surface area contributed by atoms with Crippen molar-refractivity contribution < 1.29 is 19.1 Å². The van der Waals surface area contributed by atoms with Gasteiger partial charge in [0.15, 0.2) is 0 Å². The normalized spacial score (nSPS) is 12.2. The highest BCUT2D eigenvalue weighted by molar-refractivity contribution is 8.00. The van der Waals surface area contributed by atoms with Crippen molar-refractivity contribution in [2.24, 2.45) is 0 Å². The molecule has 0 heterocycles. The van der Waals surface area contributed by atoms with Crippen LogP contribution in [0.4, 0.5) is 0 Å². The van der Waals surface area contributed by atoms with E-state index in [2.05, 4.69) is 61.7 Å². The van der Waals surface area contributed by atoms with E-state index in [1.54, 1.807) is 47.0 Å². The quantitative estimate of drug-likeness (QED) is 0.0818. The summed E-state index contributed by atoms with van der Waals surface area (Å²) in [5.74, 6) is 3.64. The van der Waals surface area contributed by atoms with E-state index >= 15 is 0 Å². The van der Waals surface area contributed by atoms with Gasteiger partial charge in [0.25, 0.3) is 0 Å². The minimum Gasteiger partial charge on any atom is -0.457 e. The minimum absolute atomic E-state index is 0.205. The summed E-state index contributed by atoms with van der Waals surface area (Å²) in [5.41, 5.74) is 2.45. The molecule has 0 fully saturated rings. The van der Waals surface area contributed by atoms with E-state index in [4.69, 9.17) is 9.47 Å². The summed E-state index contributed by atoms with van der Waals surface area (Å²) in [4.78, 5) is 26.0. The van der Waals surface area contributed by atoms with Crippen molar-refractivity contribution in [2.45, 2.75) is 33.5 Å². The zero-order valence-corrected chi connectivity index (χ0v) is 25.6. The molecule has 0 aliphatic carbocycles. The average Bonchev–Trinajstić information content (AvgIpc) is 2.99. The van der Waals surface area contributed by atoms with Crippen molar-refractivity contribution in [1.29, 1.82) is 0 Å². The minimum atomic E-state index is -0.391. The molecule has 0 bridgehead atoms. The summed E-state index contributed by atoms with van der Waals surface area (Å²) < 4.78 is 11.2. The standard InChI is InChI=1S/C32H34O4S4/c1-3-31(33)35-27(23-39-29-14-7-5-8-15-29)21-37-19-25-12-11-13-26(18-25)20-38-22-28(36-32(34)4-2)24-40-30-16-9-6-10-17-30/h3-18,27-28H,1-2,19-24H2. The molecule has 0 radical (unpaired) electrons. The highest BCUT2D eigenvalue weighted by Crippen LogP contribution is 2.25. The maximum Gasteiger partial charge on any atom is 0.330 e. The Labute approximate surface area is 254 Å². The van der Waals surface area contributed by atoms with E-state index in [9.17, 15) is 9.59 Å². The molecule has 8 heteroatoms. The van der Waals surface area contributed by atoms with Gasteiger partial charge in [-0.15, -0.1) is 23.5 Å². The van der Waals surface area contributed by atoms with Gasteiger partial charge in [-0.2, -0.15) is 23.5 Å². The molecule has 3 aromatic rings. The van der Waals surface area contributed by atoms with Crippen LogP contribution in [0.1, 0.15) is 11.1 Å². The molecule has 0 aromatic heterocycles. The summed E-state index contributed by atoms with van der Waals surface area (Å²) in [5, 5.41) is 0. The van der Waals surface area contributed by atoms with E-state index < -0.39 is 11.9 Å². The van der Waals surface area contributed by atoms with Crippen LogP contribution in [-0.2, 0) is 30.6 Å². The molecule has 2 unspecified atom stereocenters. The number of hydrogen-bond donors (Lipinski definition) is 0. The Morgan fingerprint density at radius 3 is 1.45 bits per heavy atom. The van der Waals surface area contributed by atoms with Crippen LogP contribution < -0.4 is 0 Å². The first-order chi connectivity index (χ1) is 19.6. The van der Waals surface area contributed by atoms with Crippen LogP contribution in [-0.4, -0.2) is 47.2 Å². The number of thioether (sulfide) groups is 4. The second kappa shape index (κ2) is 18.8. The van der Waals surface area contributed by atoms with Gasteiger partial charge in [-0.3, -0.25) is 0 Å². The maximum absolute atomic E-state index is 11.9. The smallest absolute Gasteiger partial charge is 0.330 e. The molecular weight excluding hydrogens is 577 g/mol. The molecule has 0 amide bonds. The van der Waals surface area contributed by atoms with Crippen LogP contribution in [0.15, 0.2) is 120 Å². The van der Waals surface area contributed by atoms with Crippen LogP contribution in [0, 0.1) is 0 Å². The number of esters is 2. The van der Waals surface area contributed by atoms with E-state index in [0.29, 0.717) is 23.0 Å². The van der Waals surface area contributed by atoms with Crippen LogP contribution in [0.25, 0.3) is 0 Å². The summed E-state index contributed by atoms with van der Waals surface area (Å²) in [6.45, 7) is 7.05. The summed E-state index contributed by atoms with van der Waals surface area (Å²) in [6, 6.07) is 28.8. The fourth-order valence-electron chi connectivity index (χ4n) is 3.49. The number of ether oxygens (including phenoxy) is 2. The van der Waals surface area contributed by atoms with Crippen LogP contribution >= 0.6 is 47.0 Å². The number of carbonyl (C=O) groups is 2. The molecule has 210 valence electrons. The lowest BCUT2D eigenvalue weighted by Gasteiger charge is -2.17. The number of carbonyl (C=O) groups excluding carboxylic acids is 2. The zero-order valence-electron chi connectivity index (χ0n) is 22.3. The second-order valence-corrected chi connectivity index (χ2v) is 12.9. The van der Waals surface area contributed by atoms with Crippen molar-refractivity contribution in [3.05, 3.63) is 121 Å². The topological polar surface area (TPSA) is 52.6 Å². The first-order valence-corrected chi connectivity index (χ1v) is 17.1. The van der Waals surface area contributed by atoms with Crippen molar-refractivity contribution in [1.82, 2.24) is 0 Å². The molecule has 40 heavy (non-hydrogen) atoms. The van der Waals surface area contributed by atoms with Crippen molar-refractivity contribution in [2.75, 3.05) is 23.0 Å². The molecule has 3 rings (SSSR count). The maximum atomic E-state index is 11.9. The summed E-state index contributed by atoms with van der Waals surface area (Å²) >= 11 is 6.87. The highest BCUT2D eigenvalue weighted by Gasteiger charge is 2.15. The van der Waals surface area contributed by atoms with Gasteiger partial charge in [0.2, 0.25) is 0 Å². The Balaban J connectivity index is 1.47. The first-order valence-electron chi connectivity index (χ1n) is 12.8. The monoisotopic (exact) mass is 610 g/mol. The van der Waals surface area contributed by atoms with Crippen molar-refractivity contribution in [3.8, 4) is 0 Å². The molecule has 0 aliphatic rings. The Morgan fingerprint density at radius 2 is 1.05 bits per heavy atom. The number of rotatable bonds is 18. The first kappa shape index (κ1) is 32.0. The molecule has 0 saturated heterocycles. The second-order valence-electron chi connectivity index (χ2n) is 8.62. The number of benzene rings is 3. The van der Waals surface area contributed by atoms with Crippen LogP contribution in [0.2, 0.25) is 0 Å². The third kappa shape index (κ3) is 12.8. The molecular formula is C32H34O4S4. The van der Waals surface area contributed by atoms with Gasteiger partial charge in [0.1, 0.15) is 12.2 Å². The molecule has 4 nitrogen and oxygen atoms in total. The van der Waals surface area contributed by atoms with Gasteiger partial charge in [0, 0.05) is 56.5 Å². The number of hydrogen-bond acceptors (Lipinski definition) is 8. The van der Waals surface area contributed by atoms with Gasteiger partial charge in [-0.05, 0) is 35.4 Å². The Hall–Kier alpha value is -2.52. The van der Waals surface area contributed by atoms with Crippen LogP contribution in [0.5, 0.6) is 0 Å². The van der Waals surface area contributed by atoms with Gasteiger partial charge in [0.05, 0.1) is 0 Å². The molecule has 0 aliphatic heterocycles. The SMILES string of the molecule is C=CC(=O)OC(CSCc1cccc(CSCC(CSc2ccccc2)OC(=O)C=C)c1)CSc1ccccc1. The predicted molar refractivity (Wildman–Crippen MR) is 173 cm³/mol. The van der Waals surface area contributed by atoms with Crippen molar-refractivity contribution >= 4 is 59.0 Å². The lowest BCUT2D eigenvalue weighted by Crippen LogP contribution is -2.22.